The maximum absolute atomic E-state index is 4.65. The van der Waals surface area contributed by atoms with Gasteiger partial charge in [0, 0.05) is 10.9 Å². The molecule has 104 valence electrons. The van der Waals surface area contributed by atoms with Gasteiger partial charge in [-0.15, -0.1) is 0 Å². The largest absolute Gasteiger partial charge is 0.335 e. The standard InChI is InChI=1S/C16H24N2S/c1-5-13-8-6-7-12(4)15(13)18-16-17-10-14(19-16)9-11(2)3/h6-8,11,14H,5,9-10H2,1-4H3,(H,17,18). The molecule has 0 saturated carbocycles. The van der Waals surface area contributed by atoms with E-state index in [9.17, 15) is 0 Å². The zero-order chi connectivity index (χ0) is 13.8. The molecule has 1 atom stereocenters. The Morgan fingerprint density at radius 1 is 1.42 bits per heavy atom. The van der Waals surface area contributed by atoms with Crippen molar-refractivity contribution >= 4 is 22.6 Å². The Labute approximate surface area is 121 Å². The van der Waals surface area contributed by atoms with Crippen LogP contribution in [-0.4, -0.2) is 17.0 Å². The molecule has 1 aromatic carbocycles. The lowest BCUT2D eigenvalue weighted by atomic mass is 10.1. The van der Waals surface area contributed by atoms with Crippen molar-refractivity contribution in [3.63, 3.8) is 0 Å². The second kappa shape index (κ2) is 6.47. The number of anilines is 1. The van der Waals surface area contributed by atoms with Crippen LogP contribution in [-0.2, 0) is 6.42 Å². The number of para-hydroxylation sites is 1. The lowest BCUT2D eigenvalue weighted by Crippen LogP contribution is -2.11. The van der Waals surface area contributed by atoms with Gasteiger partial charge >= 0.3 is 0 Å². The van der Waals surface area contributed by atoms with Gasteiger partial charge in [0.1, 0.15) is 0 Å². The number of aryl methyl sites for hydroxylation is 2. The molecule has 1 aliphatic heterocycles. The quantitative estimate of drug-likeness (QED) is 0.876. The SMILES string of the molecule is CCc1cccc(C)c1NC1=NCC(CC(C)C)S1. The van der Waals surface area contributed by atoms with Crippen LogP contribution in [0.15, 0.2) is 23.2 Å². The van der Waals surface area contributed by atoms with Gasteiger partial charge < -0.3 is 5.32 Å². The molecule has 0 amide bonds. The molecular formula is C16H24N2S. The normalized spacial score (nSPS) is 18.8. The average Bonchev–Trinajstić information content (AvgIpc) is 2.78. The molecule has 0 saturated heterocycles. The minimum atomic E-state index is 0.650. The summed E-state index contributed by atoms with van der Waals surface area (Å²) in [5, 5.41) is 5.29. The topological polar surface area (TPSA) is 24.4 Å². The molecule has 1 unspecified atom stereocenters. The third kappa shape index (κ3) is 3.75. The third-order valence-electron chi connectivity index (χ3n) is 3.42. The summed E-state index contributed by atoms with van der Waals surface area (Å²) in [6.07, 6.45) is 2.30. The van der Waals surface area contributed by atoms with Crippen LogP contribution < -0.4 is 5.32 Å². The maximum Gasteiger partial charge on any atom is 0.161 e. The first-order valence-corrected chi connectivity index (χ1v) is 8.04. The fraction of sp³-hybridized carbons (Fsp3) is 0.562. The summed E-state index contributed by atoms with van der Waals surface area (Å²) in [6.45, 7) is 9.88. The molecule has 2 nitrogen and oxygen atoms in total. The summed E-state index contributed by atoms with van der Waals surface area (Å²) < 4.78 is 0. The van der Waals surface area contributed by atoms with E-state index in [1.165, 1.54) is 23.2 Å². The van der Waals surface area contributed by atoms with E-state index in [1.807, 2.05) is 11.8 Å². The Kier molecular flexibility index (Phi) is 4.92. The van der Waals surface area contributed by atoms with Crippen LogP contribution in [0.5, 0.6) is 0 Å². The van der Waals surface area contributed by atoms with E-state index in [2.05, 4.69) is 56.2 Å². The van der Waals surface area contributed by atoms with E-state index in [1.54, 1.807) is 0 Å². The smallest absolute Gasteiger partial charge is 0.161 e. The zero-order valence-electron chi connectivity index (χ0n) is 12.4. The third-order valence-corrected chi connectivity index (χ3v) is 4.55. The maximum atomic E-state index is 4.65. The van der Waals surface area contributed by atoms with Gasteiger partial charge in [-0.3, -0.25) is 4.99 Å². The number of hydrogen-bond acceptors (Lipinski definition) is 3. The van der Waals surface area contributed by atoms with Gasteiger partial charge in [-0.1, -0.05) is 50.7 Å². The molecule has 0 aromatic heterocycles. The van der Waals surface area contributed by atoms with Crippen molar-refractivity contribution in [2.45, 2.75) is 45.8 Å². The molecule has 3 heteroatoms. The highest BCUT2D eigenvalue weighted by Crippen LogP contribution is 2.29. The molecule has 2 rings (SSSR count). The lowest BCUT2D eigenvalue weighted by Gasteiger charge is -2.15. The predicted molar refractivity (Wildman–Crippen MR) is 87.3 cm³/mol. The van der Waals surface area contributed by atoms with Gasteiger partial charge in [0.15, 0.2) is 5.17 Å². The van der Waals surface area contributed by atoms with E-state index < -0.39 is 0 Å². The minimum absolute atomic E-state index is 0.650. The van der Waals surface area contributed by atoms with Gasteiger partial charge in [-0.05, 0) is 36.8 Å². The lowest BCUT2D eigenvalue weighted by molar-refractivity contribution is 0.575. The first kappa shape index (κ1) is 14.4. The van der Waals surface area contributed by atoms with E-state index >= 15 is 0 Å². The molecule has 0 fully saturated rings. The summed E-state index contributed by atoms with van der Waals surface area (Å²) >= 11 is 1.90. The first-order valence-electron chi connectivity index (χ1n) is 7.16. The Morgan fingerprint density at radius 2 is 2.21 bits per heavy atom. The monoisotopic (exact) mass is 276 g/mol. The van der Waals surface area contributed by atoms with Crippen LogP contribution in [0.1, 0.15) is 38.3 Å². The summed E-state index contributed by atoms with van der Waals surface area (Å²) in [7, 11) is 0. The molecule has 0 bridgehead atoms. The van der Waals surface area contributed by atoms with Crippen molar-refractivity contribution in [2.24, 2.45) is 10.9 Å². The highest BCUT2D eigenvalue weighted by molar-refractivity contribution is 8.15. The van der Waals surface area contributed by atoms with Gasteiger partial charge in [0.2, 0.25) is 0 Å². The molecule has 0 spiro atoms. The summed E-state index contributed by atoms with van der Waals surface area (Å²) in [4.78, 5) is 4.65. The van der Waals surface area contributed by atoms with Crippen molar-refractivity contribution in [1.29, 1.82) is 0 Å². The molecule has 1 aromatic rings. The molecule has 19 heavy (non-hydrogen) atoms. The highest BCUT2D eigenvalue weighted by Gasteiger charge is 2.21. The fourth-order valence-electron chi connectivity index (χ4n) is 2.44. The Balaban J connectivity index is 2.03. The van der Waals surface area contributed by atoms with Crippen molar-refractivity contribution in [3.8, 4) is 0 Å². The number of benzene rings is 1. The highest BCUT2D eigenvalue weighted by atomic mass is 32.2. The summed E-state index contributed by atoms with van der Waals surface area (Å²) in [5.74, 6) is 0.747. The number of hydrogen-bond donors (Lipinski definition) is 1. The number of nitrogens with zero attached hydrogens (tertiary/aromatic N) is 1. The average molecular weight is 276 g/mol. The Bertz CT molecular complexity index is 466. The van der Waals surface area contributed by atoms with Crippen LogP contribution in [0.4, 0.5) is 5.69 Å². The van der Waals surface area contributed by atoms with Crippen molar-refractivity contribution in [1.82, 2.24) is 0 Å². The zero-order valence-corrected chi connectivity index (χ0v) is 13.2. The number of aliphatic imine (C=N–C) groups is 1. The van der Waals surface area contributed by atoms with Gasteiger partial charge in [-0.2, -0.15) is 0 Å². The van der Waals surface area contributed by atoms with Gasteiger partial charge in [-0.25, -0.2) is 0 Å². The van der Waals surface area contributed by atoms with E-state index in [0.717, 1.165) is 24.1 Å². The van der Waals surface area contributed by atoms with Crippen molar-refractivity contribution in [2.75, 3.05) is 11.9 Å². The molecule has 1 aliphatic rings. The predicted octanol–water partition coefficient (Wildman–Crippen LogP) is 4.49. The van der Waals surface area contributed by atoms with Crippen LogP contribution in [0, 0.1) is 12.8 Å². The molecule has 1 heterocycles. The van der Waals surface area contributed by atoms with Crippen LogP contribution in [0.25, 0.3) is 0 Å². The molecular weight excluding hydrogens is 252 g/mol. The van der Waals surface area contributed by atoms with Crippen LogP contribution in [0.2, 0.25) is 0 Å². The van der Waals surface area contributed by atoms with E-state index in [4.69, 9.17) is 0 Å². The molecule has 0 aliphatic carbocycles. The Morgan fingerprint density at radius 3 is 2.89 bits per heavy atom. The number of nitrogens with one attached hydrogen (secondary N) is 1. The van der Waals surface area contributed by atoms with Crippen LogP contribution in [0.3, 0.4) is 0 Å². The van der Waals surface area contributed by atoms with Gasteiger partial charge in [0.05, 0.1) is 6.54 Å². The van der Waals surface area contributed by atoms with E-state index in [0.29, 0.717) is 5.25 Å². The van der Waals surface area contributed by atoms with Crippen molar-refractivity contribution < 1.29 is 0 Å². The second-order valence-corrected chi connectivity index (χ2v) is 6.89. The van der Waals surface area contributed by atoms with Crippen molar-refractivity contribution in [3.05, 3.63) is 29.3 Å². The first-order chi connectivity index (χ1) is 9.10. The molecule has 1 N–H and O–H groups in total. The van der Waals surface area contributed by atoms with Gasteiger partial charge in [0.25, 0.3) is 0 Å². The Hall–Kier alpha value is -0.960. The minimum Gasteiger partial charge on any atom is -0.335 e. The molecule has 0 radical (unpaired) electrons. The van der Waals surface area contributed by atoms with Crippen LogP contribution >= 0.6 is 11.8 Å². The summed E-state index contributed by atoms with van der Waals surface area (Å²) in [6, 6.07) is 6.49. The number of rotatable bonds is 4. The summed E-state index contributed by atoms with van der Waals surface area (Å²) in [5.41, 5.74) is 3.92. The fourth-order valence-corrected chi connectivity index (χ4v) is 3.70. The number of amidine groups is 1. The second-order valence-electron chi connectivity index (χ2n) is 5.60. The number of thioether (sulfide) groups is 1. The van der Waals surface area contributed by atoms with E-state index in [-0.39, 0.29) is 0 Å².